The van der Waals surface area contributed by atoms with Crippen LogP contribution in [0.3, 0.4) is 0 Å². The van der Waals surface area contributed by atoms with Gasteiger partial charge in [0.15, 0.2) is 0 Å². The molecule has 3 saturated carbocycles. The van der Waals surface area contributed by atoms with E-state index in [9.17, 15) is 14.7 Å². The highest BCUT2D eigenvalue weighted by molar-refractivity contribution is 5.76. The fourth-order valence-electron chi connectivity index (χ4n) is 4.40. The molecule has 5 heteroatoms. The highest BCUT2D eigenvalue weighted by Gasteiger charge is 2.56. The van der Waals surface area contributed by atoms with Gasteiger partial charge in [-0.3, -0.25) is 9.69 Å². The number of carboxylic acids is 1. The van der Waals surface area contributed by atoms with Gasteiger partial charge in [0.1, 0.15) is 5.60 Å². The molecule has 4 rings (SSSR count). The zero-order chi connectivity index (χ0) is 19.0. The molecule has 0 saturated heterocycles. The van der Waals surface area contributed by atoms with Crippen molar-refractivity contribution in [2.24, 2.45) is 5.41 Å². The number of nitrogens with zero attached hydrogens (tertiary/aromatic N) is 1. The Bertz CT molecular complexity index is 652. The second-order valence-corrected chi connectivity index (χ2v) is 8.86. The average molecular weight is 359 g/mol. The maximum Gasteiger partial charge on any atom is 0.411 e. The van der Waals surface area contributed by atoms with E-state index in [1.54, 1.807) is 0 Å². The summed E-state index contributed by atoms with van der Waals surface area (Å²) in [6.45, 7) is 6.12. The minimum Gasteiger partial charge on any atom is -0.481 e. The molecule has 0 aliphatic heterocycles. The Morgan fingerprint density at radius 3 is 2.04 bits per heavy atom. The standard InChI is InChI=1S/C21H29NO4/c1-19(2,3)26-18(25)22(15-16-7-5-4-6-8-16)21-12-9-20(10-13-21,11-14-21)17(23)24/h4-8H,9-15H2,1-3H3,(H,23,24). The number of amides is 1. The first-order valence-electron chi connectivity index (χ1n) is 9.44. The topological polar surface area (TPSA) is 66.8 Å². The van der Waals surface area contributed by atoms with Gasteiger partial charge < -0.3 is 9.84 Å². The lowest BCUT2D eigenvalue weighted by molar-refractivity contribution is -0.160. The summed E-state index contributed by atoms with van der Waals surface area (Å²) in [7, 11) is 0. The van der Waals surface area contributed by atoms with E-state index in [1.807, 2.05) is 56.0 Å². The second-order valence-electron chi connectivity index (χ2n) is 8.86. The molecule has 0 atom stereocenters. The smallest absolute Gasteiger partial charge is 0.411 e. The molecule has 3 aliphatic carbocycles. The number of benzene rings is 1. The van der Waals surface area contributed by atoms with Crippen LogP contribution in [0.2, 0.25) is 0 Å². The summed E-state index contributed by atoms with van der Waals surface area (Å²) < 4.78 is 5.71. The van der Waals surface area contributed by atoms with E-state index >= 15 is 0 Å². The number of hydrogen-bond acceptors (Lipinski definition) is 3. The first kappa shape index (κ1) is 18.7. The SMILES string of the molecule is CC(C)(C)OC(=O)N(Cc1ccccc1)C12CCC(C(=O)O)(CC1)CC2. The number of hydrogen-bond donors (Lipinski definition) is 1. The third-order valence-electron chi connectivity index (χ3n) is 6.03. The molecule has 1 aromatic carbocycles. The maximum atomic E-state index is 13.0. The van der Waals surface area contributed by atoms with Gasteiger partial charge in [0.25, 0.3) is 0 Å². The fraction of sp³-hybridized carbons (Fsp3) is 0.619. The highest BCUT2D eigenvalue weighted by atomic mass is 16.6. The fourth-order valence-corrected chi connectivity index (χ4v) is 4.40. The molecular formula is C21H29NO4. The van der Waals surface area contributed by atoms with Crippen molar-refractivity contribution in [2.75, 3.05) is 0 Å². The third-order valence-corrected chi connectivity index (χ3v) is 6.03. The van der Waals surface area contributed by atoms with Crippen molar-refractivity contribution in [1.29, 1.82) is 0 Å². The second kappa shape index (κ2) is 6.60. The van der Waals surface area contributed by atoms with Gasteiger partial charge in [-0.15, -0.1) is 0 Å². The van der Waals surface area contributed by atoms with Crippen molar-refractivity contribution in [3.05, 3.63) is 35.9 Å². The number of rotatable bonds is 4. The molecule has 1 aromatic rings. The Morgan fingerprint density at radius 1 is 1.04 bits per heavy atom. The summed E-state index contributed by atoms with van der Waals surface area (Å²) in [6, 6.07) is 9.93. The lowest BCUT2D eigenvalue weighted by Crippen LogP contribution is -2.60. The minimum atomic E-state index is -0.683. The van der Waals surface area contributed by atoms with Crippen molar-refractivity contribution in [3.63, 3.8) is 0 Å². The Kier molecular flexibility index (Phi) is 4.76. The molecule has 0 radical (unpaired) electrons. The molecule has 1 amide bonds. The van der Waals surface area contributed by atoms with Gasteiger partial charge in [-0.05, 0) is 64.9 Å². The molecule has 3 aliphatic rings. The van der Waals surface area contributed by atoms with Crippen LogP contribution in [0.1, 0.15) is 64.9 Å². The summed E-state index contributed by atoms with van der Waals surface area (Å²) >= 11 is 0. The molecule has 5 nitrogen and oxygen atoms in total. The lowest BCUT2D eigenvalue weighted by Gasteiger charge is -2.55. The van der Waals surface area contributed by atoms with Crippen molar-refractivity contribution >= 4 is 12.1 Å². The van der Waals surface area contributed by atoms with Crippen LogP contribution in [0.25, 0.3) is 0 Å². The summed E-state index contributed by atoms with van der Waals surface area (Å²) in [6.07, 6.45) is 3.79. The highest BCUT2D eigenvalue weighted by Crippen LogP contribution is 2.55. The van der Waals surface area contributed by atoms with E-state index in [0.717, 1.165) is 24.8 Å². The summed E-state index contributed by atoms with van der Waals surface area (Å²) in [5, 5.41) is 9.63. The van der Waals surface area contributed by atoms with Crippen LogP contribution in [0.15, 0.2) is 30.3 Å². The molecule has 0 unspecified atom stereocenters. The zero-order valence-corrected chi connectivity index (χ0v) is 16.0. The molecule has 0 spiro atoms. The van der Waals surface area contributed by atoms with Gasteiger partial charge in [0.05, 0.1) is 5.41 Å². The van der Waals surface area contributed by atoms with Gasteiger partial charge in [-0.25, -0.2) is 4.79 Å². The number of ether oxygens (including phenoxy) is 1. The molecule has 142 valence electrons. The molecule has 0 heterocycles. The van der Waals surface area contributed by atoms with Crippen LogP contribution in [0, 0.1) is 5.41 Å². The Hall–Kier alpha value is -2.04. The summed E-state index contributed by atoms with van der Waals surface area (Å²) in [4.78, 5) is 26.6. The number of aliphatic carboxylic acids is 1. The largest absolute Gasteiger partial charge is 0.481 e. The van der Waals surface area contributed by atoms with E-state index < -0.39 is 17.0 Å². The van der Waals surface area contributed by atoms with Crippen LogP contribution >= 0.6 is 0 Å². The number of carboxylic acid groups (broad SMARTS) is 1. The van der Waals surface area contributed by atoms with Crippen LogP contribution in [0.5, 0.6) is 0 Å². The maximum absolute atomic E-state index is 13.0. The average Bonchev–Trinajstić information content (AvgIpc) is 2.60. The summed E-state index contributed by atoms with van der Waals surface area (Å²) in [5.74, 6) is -0.683. The molecule has 2 bridgehead atoms. The van der Waals surface area contributed by atoms with Crippen LogP contribution in [-0.2, 0) is 16.1 Å². The van der Waals surface area contributed by atoms with Crippen LogP contribution < -0.4 is 0 Å². The van der Waals surface area contributed by atoms with E-state index in [2.05, 4.69) is 0 Å². The van der Waals surface area contributed by atoms with Gasteiger partial charge in [-0.2, -0.15) is 0 Å². The van der Waals surface area contributed by atoms with Crippen LogP contribution in [-0.4, -0.2) is 33.2 Å². The number of carbonyl (C=O) groups is 2. The number of carbonyl (C=O) groups excluding carboxylic acids is 1. The molecule has 0 aromatic heterocycles. The molecule has 1 N–H and O–H groups in total. The minimum absolute atomic E-state index is 0.296. The van der Waals surface area contributed by atoms with Crippen molar-refractivity contribution in [3.8, 4) is 0 Å². The normalized spacial score (nSPS) is 27.8. The number of fused-ring (bicyclic) bond motifs is 3. The van der Waals surface area contributed by atoms with Gasteiger partial charge in [0.2, 0.25) is 0 Å². The quantitative estimate of drug-likeness (QED) is 0.853. The Morgan fingerprint density at radius 2 is 1.58 bits per heavy atom. The first-order chi connectivity index (χ1) is 12.2. The van der Waals surface area contributed by atoms with Crippen molar-refractivity contribution in [1.82, 2.24) is 4.90 Å². The molecule has 26 heavy (non-hydrogen) atoms. The van der Waals surface area contributed by atoms with E-state index in [1.165, 1.54) is 0 Å². The predicted molar refractivity (Wildman–Crippen MR) is 98.7 cm³/mol. The lowest BCUT2D eigenvalue weighted by atomic mass is 9.56. The zero-order valence-electron chi connectivity index (χ0n) is 16.0. The molecular weight excluding hydrogens is 330 g/mol. The Balaban J connectivity index is 1.86. The summed E-state index contributed by atoms with van der Waals surface area (Å²) in [5.41, 5.74) is -0.381. The van der Waals surface area contributed by atoms with E-state index in [4.69, 9.17) is 4.74 Å². The monoisotopic (exact) mass is 359 g/mol. The Labute approximate surface area is 155 Å². The predicted octanol–water partition coefficient (Wildman–Crippen LogP) is 4.60. The van der Waals surface area contributed by atoms with E-state index in [0.29, 0.717) is 25.8 Å². The van der Waals surface area contributed by atoms with E-state index in [-0.39, 0.29) is 11.6 Å². The first-order valence-corrected chi connectivity index (χ1v) is 9.44. The van der Waals surface area contributed by atoms with Crippen molar-refractivity contribution < 1.29 is 19.4 Å². The van der Waals surface area contributed by atoms with Crippen LogP contribution in [0.4, 0.5) is 4.79 Å². The van der Waals surface area contributed by atoms with Gasteiger partial charge in [-0.1, -0.05) is 30.3 Å². The molecule has 3 fully saturated rings. The third kappa shape index (κ3) is 3.57. The van der Waals surface area contributed by atoms with Gasteiger partial charge >= 0.3 is 12.1 Å². The van der Waals surface area contributed by atoms with Crippen molar-refractivity contribution in [2.45, 2.75) is 77.0 Å². The van der Waals surface area contributed by atoms with Gasteiger partial charge in [0, 0.05) is 12.1 Å².